The van der Waals surface area contributed by atoms with Crippen LogP contribution in [0, 0.1) is 0 Å². The first-order valence-electron chi connectivity index (χ1n) is 7.43. The molecule has 2 N–H and O–H groups in total. The number of carbonyl (C=O) groups excluding carboxylic acids is 1. The second kappa shape index (κ2) is 9.76. The van der Waals surface area contributed by atoms with Crippen molar-refractivity contribution in [1.29, 1.82) is 0 Å². The number of carbonyl (C=O) groups is 1. The molecule has 2 rings (SSSR count). The number of halogens is 1. The van der Waals surface area contributed by atoms with Crippen molar-refractivity contribution in [2.24, 2.45) is 0 Å². The van der Waals surface area contributed by atoms with Gasteiger partial charge in [-0.3, -0.25) is 9.59 Å². The zero-order chi connectivity index (χ0) is 17.4. The van der Waals surface area contributed by atoms with E-state index in [4.69, 9.17) is 11.6 Å². The largest absolute Gasteiger partial charge is 0.325 e. The Bertz CT molecular complexity index is 735. The molecule has 0 radical (unpaired) electrons. The van der Waals surface area contributed by atoms with Gasteiger partial charge in [0.1, 0.15) is 0 Å². The number of hydrogen-bond donors (Lipinski definition) is 2. The number of thioether (sulfide) groups is 2. The molecular weight excluding hydrogens is 366 g/mol. The number of nitrogens with zero attached hydrogens (tertiary/aromatic N) is 1. The summed E-state index contributed by atoms with van der Waals surface area (Å²) in [5, 5.41) is 3.84. The number of rotatable bonds is 8. The lowest BCUT2D eigenvalue weighted by Crippen LogP contribution is -2.15. The zero-order valence-electron chi connectivity index (χ0n) is 13.2. The Kier molecular flexibility index (Phi) is 7.68. The molecule has 0 saturated heterocycles. The molecule has 0 aliphatic heterocycles. The van der Waals surface area contributed by atoms with Crippen LogP contribution >= 0.6 is 35.1 Å². The van der Waals surface area contributed by atoms with E-state index < -0.39 is 0 Å². The molecule has 0 fully saturated rings. The van der Waals surface area contributed by atoms with Gasteiger partial charge in [-0.2, -0.15) is 11.8 Å². The second-order valence-corrected chi connectivity index (χ2v) is 7.44. The van der Waals surface area contributed by atoms with E-state index >= 15 is 0 Å². The normalized spacial score (nSPS) is 10.6. The molecule has 128 valence electrons. The predicted octanol–water partition coefficient (Wildman–Crippen LogP) is 3.80. The number of aromatic nitrogens is 2. The lowest BCUT2D eigenvalue weighted by atomic mass is 10.3. The van der Waals surface area contributed by atoms with E-state index in [0.29, 0.717) is 21.6 Å². The van der Waals surface area contributed by atoms with Gasteiger partial charge in [-0.25, -0.2) is 4.98 Å². The fourth-order valence-electron chi connectivity index (χ4n) is 1.81. The number of H-pyrrole nitrogens is 1. The Morgan fingerprint density at radius 1 is 1.33 bits per heavy atom. The minimum atomic E-state index is -0.197. The van der Waals surface area contributed by atoms with Crippen molar-refractivity contribution in [3.8, 4) is 0 Å². The van der Waals surface area contributed by atoms with Crippen LogP contribution in [0.15, 0.2) is 40.3 Å². The molecule has 0 saturated carbocycles. The van der Waals surface area contributed by atoms with Crippen molar-refractivity contribution in [2.45, 2.75) is 24.3 Å². The van der Waals surface area contributed by atoms with Crippen LogP contribution in [0.3, 0.4) is 0 Å². The van der Waals surface area contributed by atoms with Gasteiger partial charge in [0.25, 0.3) is 5.56 Å². The highest BCUT2D eigenvalue weighted by Crippen LogP contribution is 2.17. The highest BCUT2D eigenvalue weighted by Gasteiger charge is 2.07. The monoisotopic (exact) mass is 383 g/mol. The number of amides is 1. The Morgan fingerprint density at radius 2 is 2.08 bits per heavy atom. The zero-order valence-corrected chi connectivity index (χ0v) is 15.6. The van der Waals surface area contributed by atoms with E-state index in [0.717, 1.165) is 17.9 Å². The highest BCUT2D eigenvalue weighted by atomic mass is 35.5. The Balaban J connectivity index is 1.89. The maximum absolute atomic E-state index is 12.0. The molecule has 0 aliphatic carbocycles. The van der Waals surface area contributed by atoms with Crippen LogP contribution < -0.4 is 10.9 Å². The predicted molar refractivity (Wildman–Crippen MR) is 102 cm³/mol. The third-order valence-electron chi connectivity index (χ3n) is 2.84. The van der Waals surface area contributed by atoms with Gasteiger partial charge >= 0.3 is 0 Å². The van der Waals surface area contributed by atoms with Crippen LogP contribution in [0.2, 0.25) is 5.02 Å². The number of hydrogen-bond acceptors (Lipinski definition) is 5. The minimum Gasteiger partial charge on any atom is -0.325 e. The third kappa shape index (κ3) is 6.59. The molecule has 2 aromatic rings. The maximum Gasteiger partial charge on any atom is 0.251 e. The number of benzene rings is 1. The SMILES string of the molecule is CCCSCc1cc(=O)[nH]c(SCC(=O)Nc2ccc(Cl)cc2)n1. The van der Waals surface area contributed by atoms with Gasteiger partial charge in [0.15, 0.2) is 5.16 Å². The van der Waals surface area contributed by atoms with Crippen LogP contribution in [-0.2, 0) is 10.5 Å². The molecule has 0 atom stereocenters. The lowest BCUT2D eigenvalue weighted by molar-refractivity contribution is -0.113. The summed E-state index contributed by atoms with van der Waals surface area (Å²) in [4.78, 5) is 30.7. The summed E-state index contributed by atoms with van der Waals surface area (Å²) in [6.45, 7) is 2.11. The number of aromatic amines is 1. The lowest BCUT2D eigenvalue weighted by Gasteiger charge is -2.06. The van der Waals surface area contributed by atoms with Crippen molar-refractivity contribution < 1.29 is 4.79 Å². The summed E-state index contributed by atoms with van der Waals surface area (Å²) in [5.74, 6) is 1.72. The Labute approximate surface area is 154 Å². The summed E-state index contributed by atoms with van der Waals surface area (Å²) in [6, 6.07) is 8.38. The molecule has 0 bridgehead atoms. The van der Waals surface area contributed by atoms with Gasteiger partial charge < -0.3 is 10.3 Å². The van der Waals surface area contributed by atoms with Gasteiger partial charge in [-0.1, -0.05) is 30.3 Å². The third-order valence-corrected chi connectivity index (χ3v) is 5.16. The average molecular weight is 384 g/mol. The van der Waals surface area contributed by atoms with Crippen molar-refractivity contribution in [1.82, 2.24) is 9.97 Å². The van der Waals surface area contributed by atoms with E-state index in [2.05, 4.69) is 22.2 Å². The number of nitrogens with one attached hydrogen (secondary N) is 2. The highest BCUT2D eigenvalue weighted by molar-refractivity contribution is 7.99. The van der Waals surface area contributed by atoms with E-state index in [1.54, 1.807) is 36.0 Å². The Hall–Kier alpha value is -1.44. The van der Waals surface area contributed by atoms with Crippen LogP contribution in [-0.4, -0.2) is 27.4 Å². The molecule has 8 heteroatoms. The van der Waals surface area contributed by atoms with Crippen LogP contribution in [0.25, 0.3) is 0 Å². The topological polar surface area (TPSA) is 74.8 Å². The molecule has 0 aliphatic rings. The van der Waals surface area contributed by atoms with Gasteiger partial charge in [-0.15, -0.1) is 0 Å². The minimum absolute atomic E-state index is 0.164. The smallest absolute Gasteiger partial charge is 0.251 e. The van der Waals surface area contributed by atoms with E-state index in [1.807, 2.05) is 0 Å². The summed E-state index contributed by atoms with van der Waals surface area (Å²) in [6.07, 6.45) is 1.08. The van der Waals surface area contributed by atoms with Gasteiger partial charge in [0.2, 0.25) is 5.91 Å². The molecule has 1 amide bonds. The van der Waals surface area contributed by atoms with Crippen LogP contribution in [0.4, 0.5) is 5.69 Å². The fraction of sp³-hybridized carbons (Fsp3) is 0.312. The molecule has 0 spiro atoms. The first-order chi connectivity index (χ1) is 11.6. The summed E-state index contributed by atoms with van der Waals surface area (Å²) in [5.41, 5.74) is 1.21. The van der Waals surface area contributed by atoms with Gasteiger partial charge in [0, 0.05) is 22.5 Å². The Morgan fingerprint density at radius 3 is 2.79 bits per heavy atom. The molecule has 1 heterocycles. The first kappa shape index (κ1) is 18.9. The molecule has 0 unspecified atom stereocenters. The van der Waals surface area contributed by atoms with Gasteiger partial charge in [-0.05, 0) is 36.4 Å². The average Bonchev–Trinajstić information content (AvgIpc) is 2.55. The first-order valence-corrected chi connectivity index (χ1v) is 9.95. The second-order valence-electron chi connectivity index (χ2n) is 4.94. The summed E-state index contributed by atoms with van der Waals surface area (Å²) < 4.78 is 0. The number of anilines is 1. The summed E-state index contributed by atoms with van der Waals surface area (Å²) in [7, 11) is 0. The molecule has 24 heavy (non-hydrogen) atoms. The standard InChI is InChI=1S/C16H18ClN3O2S2/c1-2-7-23-9-13-8-14(21)20-16(19-13)24-10-15(22)18-12-5-3-11(17)4-6-12/h3-6,8H,2,7,9-10H2,1H3,(H,18,22)(H,19,20,21). The quantitative estimate of drug-likeness (QED) is 0.412. The van der Waals surface area contributed by atoms with E-state index in [1.165, 1.54) is 17.8 Å². The van der Waals surface area contributed by atoms with Crippen molar-refractivity contribution in [3.05, 3.63) is 51.4 Å². The molecule has 1 aromatic heterocycles. The summed E-state index contributed by atoms with van der Waals surface area (Å²) >= 11 is 8.74. The van der Waals surface area contributed by atoms with Crippen molar-refractivity contribution in [3.63, 3.8) is 0 Å². The maximum atomic E-state index is 12.0. The van der Waals surface area contributed by atoms with Crippen molar-refractivity contribution in [2.75, 3.05) is 16.8 Å². The molecular formula is C16H18ClN3O2S2. The van der Waals surface area contributed by atoms with E-state index in [-0.39, 0.29) is 17.2 Å². The van der Waals surface area contributed by atoms with Crippen molar-refractivity contribution >= 4 is 46.7 Å². The fourth-order valence-corrected chi connectivity index (χ4v) is 3.42. The molecule has 1 aromatic carbocycles. The van der Waals surface area contributed by atoms with Gasteiger partial charge in [0.05, 0.1) is 11.4 Å². The van der Waals surface area contributed by atoms with Crippen LogP contribution in [0.5, 0.6) is 0 Å². The van der Waals surface area contributed by atoms with E-state index in [9.17, 15) is 9.59 Å². The van der Waals surface area contributed by atoms with Crippen LogP contribution in [0.1, 0.15) is 19.0 Å². The molecule has 5 nitrogen and oxygen atoms in total.